The van der Waals surface area contributed by atoms with Gasteiger partial charge in [0, 0.05) is 19.1 Å². The number of aryl methyl sites for hydroxylation is 1. The molecule has 1 fully saturated rings. The summed E-state index contributed by atoms with van der Waals surface area (Å²) in [6, 6.07) is 6.11. The van der Waals surface area contributed by atoms with Crippen molar-refractivity contribution in [2.75, 3.05) is 32.9 Å². The van der Waals surface area contributed by atoms with Crippen LogP contribution in [0.15, 0.2) is 18.2 Å². The third kappa shape index (κ3) is 3.36. The quantitative estimate of drug-likeness (QED) is 0.910. The summed E-state index contributed by atoms with van der Waals surface area (Å²) in [7, 11) is 0. The van der Waals surface area contributed by atoms with E-state index in [1.165, 1.54) is 11.1 Å². The van der Waals surface area contributed by atoms with Gasteiger partial charge in [0.25, 0.3) is 5.91 Å². The fraction of sp³-hybridized carbons (Fsp3) is 0.562. The number of fused-ring (bicyclic) bond motifs is 1. The number of hydrogen-bond donors (Lipinski definition) is 1. The van der Waals surface area contributed by atoms with Gasteiger partial charge in [0.1, 0.15) is 5.75 Å². The lowest BCUT2D eigenvalue weighted by Crippen LogP contribution is -2.42. The standard InChI is InChI=1S/C16H22N2O3/c17-15-3-1-2-12-10-13(4-5-14(12)15)21-11-16(19)18-6-8-20-9-7-18/h4-5,10,15H,1-3,6-9,11,17H2. The van der Waals surface area contributed by atoms with Crippen molar-refractivity contribution in [3.8, 4) is 5.75 Å². The van der Waals surface area contributed by atoms with Gasteiger partial charge in [-0.25, -0.2) is 0 Å². The highest BCUT2D eigenvalue weighted by atomic mass is 16.5. The van der Waals surface area contributed by atoms with Crippen molar-refractivity contribution < 1.29 is 14.3 Å². The maximum absolute atomic E-state index is 12.0. The second-order valence-electron chi connectivity index (χ2n) is 5.64. The molecule has 1 aromatic carbocycles. The Hall–Kier alpha value is -1.59. The van der Waals surface area contributed by atoms with E-state index in [0.717, 1.165) is 25.0 Å². The van der Waals surface area contributed by atoms with Crippen LogP contribution in [0.1, 0.15) is 30.0 Å². The molecule has 1 amide bonds. The lowest BCUT2D eigenvalue weighted by molar-refractivity contribution is -0.137. The second-order valence-corrected chi connectivity index (χ2v) is 5.64. The molecule has 1 aliphatic carbocycles. The third-order valence-corrected chi connectivity index (χ3v) is 4.20. The fourth-order valence-electron chi connectivity index (χ4n) is 2.97. The molecule has 1 saturated heterocycles. The number of nitrogens with zero attached hydrogens (tertiary/aromatic N) is 1. The number of morpholine rings is 1. The van der Waals surface area contributed by atoms with Crippen molar-refractivity contribution in [1.29, 1.82) is 0 Å². The Balaban J connectivity index is 1.59. The lowest BCUT2D eigenvalue weighted by Gasteiger charge is -2.27. The maximum atomic E-state index is 12.0. The van der Waals surface area contributed by atoms with Gasteiger partial charge in [-0.2, -0.15) is 0 Å². The zero-order valence-corrected chi connectivity index (χ0v) is 12.2. The number of nitrogens with two attached hydrogens (primary N) is 1. The van der Waals surface area contributed by atoms with Crippen molar-refractivity contribution in [3.05, 3.63) is 29.3 Å². The predicted molar refractivity (Wildman–Crippen MR) is 79.2 cm³/mol. The first-order chi connectivity index (χ1) is 10.2. The lowest BCUT2D eigenvalue weighted by atomic mass is 9.88. The molecule has 1 unspecified atom stereocenters. The summed E-state index contributed by atoms with van der Waals surface area (Å²) in [5, 5.41) is 0. The molecule has 5 nitrogen and oxygen atoms in total. The first-order valence-corrected chi connectivity index (χ1v) is 7.61. The monoisotopic (exact) mass is 290 g/mol. The maximum Gasteiger partial charge on any atom is 0.260 e. The van der Waals surface area contributed by atoms with E-state index in [0.29, 0.717) is 26.3 Å². The molecule has 5 heteroatoms. The van der Waals surface area contributed by atoms with E-state index in [-0.39, 0.29) is 18.6 Å². The van der Waals surface area contributed by atoms with Gasteiger partial charge < -0.3 is 20.1 Å². The molecule has 1 atom stereocenters. The first-order valence-electron chi connectivity index (χ1n) is 7.61. The zero-order valence-electron chi connectivity index (χ0n) is 12.2. The minimum atomic E-state index is 0.0210. The molecular formula is C16H22N2O3. The molecule has 2 N–H and O–H groups in total. The number of carbonyl (C=O) groups is 1. The Morgan fingerprint density at radius 1 is 1.38 bits per heavy atom. The summed E-state index contributed by atoms with van der Waals surface area (Å²) in [6.07, 6.45) is 3.20. The normalized spacial score (nSPS) is 21.8. The van der Waals surface area contributed by atoms with Gasteiger partial charge in [0.05, 0.1) is 13.2 Å². The van der Waals surface area contributed by atoms with Crippen LogP contribution in [0, 0.1) is 0 Å². The summed E-state index contributed by atoms with van der Waals surface area (Å²) >= 11 is 0. The molecule has 0 spiro atoms. The van der Waals surface area contributed by atoms with Gasteiger partial charge >= 0.3 is 0 Å². The smallest absolute Gasteiger partial charge is 0.260 e. The molecule has 1 heterocycles. The molecule has 0 aromatic heterocycles. The Morgan fingerprint density at radius 3 is 3.00 bits per heavy atom. The minimum absolute atomic E-state index is 0.0210. The van der Waals surface area contributed by atoms with Gasteiger partial charge in [-0.1, -0.05) is 6.07 Å². The van der Waals surface area contributed by atoms with Crippen LogP contribution < -0.4 is 10.5 Å². The van der Waals surface area contributed by atoms with E-state index in [9.17, 15) is 4.79 Å². The van der Waals surface area contributed by atoms with Crippen LogP contribution in [-0.4, -0.2) is 43.7 Å². The van der Waals surface area contributed by atoms with E-state index in [1.54, 1.807) is 4.90 Å². The highest BCUT2D eigenvalue weighted by molar-refractivity contribution is 5.77. The predicted octanol–water partition coefficient (Wildman–Crippen LogP) is 1.26. The van der Waals surface area contributed by atoms with Crippen molar-refractivity contribution in [1.82, 2.24) is 4.90 Å². The van der Waals surface area contributed by atoms with Crippen LogP contribution in [0.3, 0.4) is 0 Å². The van der Waals surface area contributed by atoms with E-state index in [1.807, 2.05) is 18.2 Å². The average Bonchev–Trinajstić information content (AvgIpc) is 2.53. The van der Waals surface area contributed by atoms with Crippen LogP contribution >= 0.6 is 0 Å². The fourth-order valence-corrected chi connectivity index (χ4v) is 2.97. The summed E-state index contributed by atoms with van der Waals surface area (Å²) in [5.41, 5.74) is 8.57. The Labute approximate surface area is 125 Å². The van der Waals surface area contributed by atoms with Crippen LogP contribution in [-0.2, 0) is 16.0 Å². The Bertz CT molecular complexity index is 512. The number of benzene rings is 1. The molecule has 0 bridgehead atoms. The molecule has 1 aliphatic heterocycles. The summed E-state index contributed by atoms with van der Waals surface area (Å²) < 4.78 is 10.9. The SMILES string of the molecule is NC1CCCc2cc(OCC(=O)N3CCOCC3)ccc21. The molecule has 1 aromatic rings. The average molecular weight is 290 g/mol. The molecule has 0 radical (unpaired) electrons. The van der Waals surface area contributed by atoms with E-state index >= 15 is 0 Å². The molecule has 2 aliphatic rings. The zero-order chi connectivity index (χ0) is 14.7. The van der Waals surface area contributed by atoms with E-state index in [4.69, 9.17) is 15.2 Å². The highest BCUT2D eigenvalue weighted by Gasteiger charge is 2.19. The number of ether oxygens (including phenoxy) is 2. The summed E-state index contributed by atoms with van der Waals surface area (Å²) in [6.45, 7) is 2.62. The van der Waals surface area contributed by atoms with Crippen molar-refractivity contribution in [3.63, 3.8) is 0 Å². The molecule has 21 heavy (non-hydrogen) atoms. The van der Waals surface area contributed by atoms with Gasteiger partial charge in [-0.05, 0) is 42.5 Å². The minimum Gasteiger partial charge on any atom is -0.484 e. The van der Waals surface area contributed by atoms with Crippen molar-refractivity contribution in [2.24, 2.45) is 5.73 Å². The molecule has 114 valence electrons. The number of carbonyl (C=O) groups excluding carboxylic acids is 1. The van der Waals surface area contributed by atoms with Crippen LogP contribution in [0.5, 0.6) is 5.75 Å². The van der Waals surface area contributed by atoms with E-state index in [2.05, 4.69) is 0 Å². The Morgan fingerprint density at radius 2 is 2.19 bits per heavy atom. The van der Waals surface area contributed by atoms with Gasteiger partial charge in [0.15, 0.2) is 6.61 Å². The summed E-state index contributed by atoms with van der Waals surface area (Å²) in [4.78, 5) is 13.8. The van der Waals surface area contributed by atoms with Crippen LogP contribution in [0.2, 0.25) is 0 Å². The largest absolute Gasteiger partial charge is 0.484 e. The van der Waals surface area contributed by atoms with Crippen molar-refractivity contribution >= 4 is 5.91 Å². The topological polar surface area (TPSA) is 64.8 Å². The first kappa shape index (κ1) is 14.4. The van der Waals surface area contributed by atoms with Gasteiger partial charge in [-0.3, -0.25) is 4.79 Å². The van der Waals surface area contributed by atoms with Gasteiger partial charge in [0.2, 0.25) is 0 Å². The van der Waals surface area contributed by atoms with Gasteiger partial charge in [-0.15, -0.1) is 0 Å². The number of amides is 1. The Kier molecular flexibility index (Phi) is 4.41. The van der Waals surface area contributed by atoms with E-state index < -0.39 is 0 Å². The number of rotatable bonds is 3. The molecule has 3 rings (SSSR count). The van der Waals surface area contributed by atoms with Crippen LogP contribution in [0.25, 0.3) is 0 Å². The summed E-state index contributed by atoms with van der Waals surface area (Å²) in [5.74, 6) is 0.775. The highest BCUT2D eigenvalue weighted by Crippen LogP contribution is 2.30. The molecule has 0 saturated carbocycles. The third-order valence-electron chi connectivity index (χ3n) is 4.20. The molecular weight excluding hydrogens is 268 g/mol. The van der Waals surface area contributed by atoms with Crippen molar-refractivity contribution in [2.45, 2.75) is 25.3 Å². The second kappa shape index (κ2) is 6.45. The van der Waals surface area contributed by atoms with Crippen LogP contribution in [0.4, 0.5) is 0 Å². The number of hydrogen-bond acceptors (Lipinski definition) is 4.